The minimum atomic E-state index is -5.17. The van der Waals surface area contributed by atoms with Crippen molar-refractivity contribution in [1.82, 2.24) is 0 Å². The first-order valence-electron chi connectivity index (χ1n) is 4.25. The van der Waals surface area contributed by atoms with Crippen molar-refractivity contribution in [3.05, 3.63) is 6.07 Å². The molecular formula is C6H10O11S3. The van der Waals surface area contributed by atoms with E-state index in [4.69, 9.17) is 31.9 Å². The summed E-state index contributed by atoms with van der Waals surface area (Å²) in [7, 11) is -14.9. The molecule has 0 heterocycles. The summed E-state index contributed by atoms with van der Waals surface area (Å²) in [5.74, 6) is -3.27. The van der Waals surface area contributed by atoms with Crippen LogP contribution in [0.25, 0.3) is 0 Å². The predicted molar refractivity (Wildman–Crippen MR) is 67.1 cm³/mol. The molecule has 0 spiro atoms. The summed E-state index contributed by atoms with van der Waals surface area (Å²) in [5.41, 5.74) is 0. The molecule has 0 saturated heterocycles. The van der Waals surface area contributed by atoms with Gasteiger partial charge >= 0.3 is 0 Å². The fraction of sp³-hybridized carbons (Fsp3) is 0. The first kappa shape index (κ1) is 17.2. The molecular weight excluding hydrogens is 344 g/mol. The molecule has 0 aromatic heterocycles. The normalized spacial score (nSPS) is 15.2. The van der Waals surface area contributed by atoms with E-state index in [1.54, 1.807) is 0 Å². The first-order chi connectivity index (χ1) is 8.67. The van der Waals surface area contributed by atoms with Gasteiger partial charge in [0.25, 0.3) is 10.1 Å². The zero-order chi connectivity index (χ0) is 16.1. The summed E-state index contributed by atoms with van der Waals surface area (Å²) in [4.78, 5) is -4.35. The van der Waals surface area contributed by atoms with Crippen LogP contribution in [0.2, 0.25) is 0 Å². The van der Waals surface area contributed by atoms with Crippen LogP contribution in [0.3, 0.4) is 0 Å². The Kier molecular flexibility index (Phi) is 4.21. The van der Waals surface area contributed by atoms with Crippen molar-refractivity contribution in [3.8, 4) is 11.5 Å². The SMILES string of the molecule is O=S(=O)(O)c1cc(S(O)(O)O)c(S(O)(O)O)c(O)c1O. The van der Waals surface area contributed by atoms with Crippen LogP contribution in [0, 0.1) is 0 Å². The lowest BCUT2D eigenvalue weighted by Gasteiger charge is -2.29. The van der Waals surface area contributed by atoms with Crippen LogP contribution in [-0.4, -0.2) is 50.5 Å². The number of hydrogen-bond acceptors (Lipinski definition) is 10. The molecule has 0 atom stereocenters. The molecule has 11 nitrogen and oxygen atoms in total. The molecule has 0 radical (unpaired) electrons. The second-order valence-electron chi connectivity index (χ2n) is 3.41. The Morgan fingerprint density at radius 3 is 1.45 bits per heavy atom. The number of benzene rings is 1. The average molecular weight is 354 g/mol. The lowest BCUT2D eigenvalue weighted by Crippen LogP contribution is -2.08. The third-order valence-electron chi connectivity index (χ3n) is 2.01. The van der Waals surface area contributed by atoms with Crippen LogP contribution < -0.4 is 0 Å². The van der Waals surface area contributed by atoms with Crippen molar-refractivity contribution in [2.24, 2.45) is 0 Å². The molecule has 0 bridgehead atoms. The number of hydrogen-bond donors (Lipinski definition) is 9. The number of phenolic OH excluding ortho intramolecular Hbond substituents is 2. The lowest BCUT2D eigenvalue weighted by molar-refractivity contribution is 0.335. The molecule has 0 aliphatic carbocycles. The molecule has 20 heavy (non-hydrogen) atoms. The molecule has 0 aliphatic rings. The van der Waals surface area contributed by atoms with Crippen molar-refractivity contribution in [3.63, 3.8) is 0 Å². The van der Waals surface area contributed by atoms with Crippen molar-refractivity contribution in [2.75, 3.05) is 0 Å². The fourth-order valence-corrected chi connectivity index (χ4v) is 3.92. The Bertz CT molecular complexity index is 638. The Morgan fingerprint density at radius 1 is 0.700 bits per heavy atom. The standard InChI is InChI=1S/C6H10O11S3/c7-4-2(18(9,10)11)1-3(19(12,13)14)6(5(4)8)20(15,16)17/h1,7-8,12-17H,(H,9,10,11). The highest BCUT2D eigenvalue weighted by Gasteiger charge is 2.37. The van der Waals surface area contributed by atoms with Crippen molar-refractivity contribution >= 4 is 31.9 Å². The second-order valence-corrected chi connectivity index (χ2v) is 7.73. The van der Waals surface area contributed by atoms with E-state index in [0.29, 0.717) is 0 Å². The van der Waals surface area contributed by atoms with Gasteiger partial charge in [0.1, 0.15) is 31.5 Å². The summed E-state index contributed by atoms with van der Waals surface area (Å²) >= 11 is 0. The maximum absolute atomic E-state index is 10.9. The van der Waals surface area contributed by atoms with Gasteiger partial charge in [-0.2, -0.15) is 8.42 Å². The second kappa shape index (κ2) is 4.88. The van der Waals surface area contributed by atoms with E-state index in [9.17, 15) is 18.6 Å². The van der Waals surface area contributed by atoms with E-state index in [1.165, 1.54) is 0 Å². The predicted octanol–water partition coefficient (Wildman–Crippen LogP) is 1.51. The van der Waals surface area contributed by atoms with E-state index < -0.39 is 58.0 Å². The van der Waals surface area contributed by atoms with Crippen molar-refractivity contribution in [1.29, 1.82) is 0 Å². The molecule has 14 heteroatoms. The van der Waals surface area contributed by atoms with E-state index >= 15 is 0 Å². The Hall–Kier alpha value is -0.810. The van der Waals surface area contributed by atoms with E-state index in [-0.39, 0.29) is 6.07 Å². The van der Waals surface area contributed by atoms with E-state index in [1.807, 2.05) is 0 Å². The van der Waals surface area contributed by atoms with Crippen molar-refractivity contribution < 1.29 is 50.5 Å². The molecule has 118 valence electrons. The number of rotatable bonds is 3. The molecule has 1 aromatic carbocycles. The average Bonchev–Trinajstić information content (AvgIpc) is 2.15. The fourth-order valence-electron chi connectivity index (χ4n) is 1.26. The van der Waals surface area contributed by atoms with Gasteiger partial charge in [0.2, 0.25) is 0 Å². The third kappa shape index (κ3) is 3.26. The largest absolute Gasteiger partial charge is 0.503 e. The van der Waals surface area contributed by atoms with Gasteiger partial charge < -0.3 is 37.5 Å². The van der Waals surface area contributed by atoms with E-state index in [0.717, 1.165) is 0 Å². The Labute approximate surface area is 115 Å². The van der Waals surface area contributed by atoms with Crippen molar-refractivity contribution in [2.45, 2.75) is 14.7 Å². The summed E-state index contributed by atoms with van der Waals surface area (Å²) in [6, 6.07) is 0.0550. The van der Waals surface area contributed by atoms with Crippen LogP contribution in [0.15, 0.2) is 20.8 Å². The quantitative estimate of drug-likeness (QED) is 0.280. The first-order valence-corrected chi connectivity index (χ1v) is 8.70. The van der Waals surface area contributed by atoms with Gasteiger partial charge in [0, 0.05) is 0 Å². The van der Waals surface area contributed by atoms with Crippen LogP contribution in [0.1, 0.15) is 0 Å². The van der Waals surface area contributed by atoms with Gasteiger partial charge in [0.15, 0.2) is 11.5 Å². The zero-order valence-electron chi connectivity index (χ0n) is 9.14. The third-order valence-corrected chi connectivity index (χ3v) is 4.87. The molecule has 0 amide bonds. The molecule has 1 aromatic rings. The lowest BCUT2D eigenvalue weighted by atomic mass is 10.3. The maximum atomic E-state index is 10.9. The van der Waals surface area contributed by atoms with Gasteiger partial charge in [-0.15, -0.1) is 0 Å². The summed E-state index contributed by atoms with van der Waals surface area (Å²) in [6.07, 6.45) is 0. The summed E-state index contributed by atoms with van der Waals surface area (Å²) in [6.45, 7) is 0. The minimum Gasteiger partial charge on any atom is -0.503 e. The molecule has 0 fully saturated rings. The van der Waals surface area contributed by atoms with Gasteiger partial charge in [0.05, 0.1) is 4.90 Å². The molecule has 0 saturated carbocycles. The Balaban J connectivity index is 3.95. The monoisotopic (exact) mass is 354 g/mol. The van der Waals surface area contributed by atoms with Crippen LogP contribution in [-0.2, 0) is 10.1 Å². The minimum absolute atomic E-state index is 0.0550. The summed E-state index contributed by atoms with van der Waals surface area (Å²) < 4.78 is 84.8. The van der Waals surface area contributed by atoms with E-state index in [2.05, 4.69) is 0 Å². The highest BCUT2D eigenvalue weighted by Crippen LogP contribution is 2.61. The molecule has 1 rings (SSSR count). The van der Waals surface area contributed by atoms with Gasteiger partial charge in [-0.25, -0.2) is 0 Å². The number of phenols is 2. The molecule has 0 unspecified atom stereocenters. The molecule has 9 N–H and O–H groups in total. The topological polar surface area (TPSA) is 216 Å². The summed E-state index contributed by atoms with van der Waals surface area (Å²) in [5, 5.41) is 18.7. The highest BCUT2D eigenvalue weighted by molar-refractivity contribution is 8.22. The Morgan fingerprint density at radius 2 is 1.15 bits per heavy atom. The van der Waals surface area contributed by atoms with Crippen LogP contribution in [0.5, 0.6) is 11.5 Å². The van der Waals surface area contributed by atoms with Gasteiger partial charge in [-0.1, -0.05) is 0 Å². The molecule has 0 aliphatic heterocycles. The zero-order valence-corrected chi connectivity index (χ0v) is 11.6. The van der Waals surface area contributed by atoms with Crippen LogP contribution in [0.4, 0.5) is 0 Å². The number of aromatic hydroxyl groups is 2. The van der Waals surface area contributed by atoms with Crippen LogP contribution >= 0.6 is 21.7 Å². The van der Waals surface area contributed by atoms with Gasteiger partial charge in [-0.3, -0.25) is 4.55 Å². The van der Waals surface area contributed by atoms with Gasteiger partial charge in [-0.05, 0) is 6.07 Å². The smallest absolute Gasteiger partial charge is 0.298 e. The maximum Gasteiger partial charge on any atom is 0.298 e. The highest BCUT2D eigenvalue weighted by atomic mass is 32.3.